The first kappa shape index (κ1) is 23.2. The van der Waals surface area contributed by atoms with Gasteiger partial charge in [0.2, 0.25) is 10.0 Å². The zero-order chi connectivity index (χ0) is 22.4. The zero-order valence-electron chi connectivity index (χ0n) is 17.0. The average molecular weight is 513 g/mol. The predicted molar refractivity (Wildman–Crippen MR) is 121 cm³/mol. The fourth-order valence-electron chi connectivity index (χ4n) is 2.74. The van der Waals surface area contributed by atoms with Gasteiger partial charge in [-0.15, -0.1) is 0 Å². The number of fused-ring (bicyclic) bond motifs is 1. The molecule has 1 aromatic heterocycles. The molecule has 0 radical (unpaired) electrons. The van der Waals surface area contributed by atoms with Crippen molar-refractivity contribution in [1.29, 1.82) is 0 Å². The van der Waals surface area contributed by atoms with E-state index in [1.54, 1.807) is 31.2 Å². The van der Waals surface area contributed by atoms with Gasteiger partial charge >= 0.3 is 0 Å². The molecule has 0 saturated carbocycles. The Balaban J connectivity index is 1.78. The van der Waals surface area contributed by atoms with Gasteiger partial charge < -0.3 is 14.8 Å². The van der Waals surface area contributed by atoms with E-state index in [2.05, 4.69) is 35.9 Å². The molecule has 2 N–H and O–H groups in total. The van der Waals surface area contributed by atoms with Crippen LogP contribution in [0.4, 0.5) is 15.9 Å². The van der Waals surface area contributed by atoms with Crippen LogP contribution in [-0.4, -0.2) is 44.4 Å². The highest BCUT2D eigenvalue weighted by atomic mass is 79.9. The van der Waals surface area contributed by atoms with Gasteiger partial charge in [-0.05, 0) is 37.6 Å². The van der Waals surface area contributed by atoms with Crippen LogP contribution in [0.2, 0.25) is 0 Å². The number of aromatic nitrogens is 2. The topological polar surface area (TPSA) is 102 Å². The molecule has 1 heterocycles. The number of benzene rings is 2. The summed E-state index contributed by atoms with van der Waals surface area (Å²) < 4.78 is 51.5. The first-order valence-electron chi connectivity index (χ1n) is 9.48. The van der Waals surface area contributed by atoms with Crippen LogP contribution in [0.25, 0.3) is 10.9 Å². The molecule has 0 spiro atoms. The molecule has 11 heteroatoms. The molecule has 3 aromatic rings. The number of halogens is 2. The second-order valence-electron chi connectivity index (χ2n) is 6.49. The predicted octanol–water partition coefficient (Wildman–Crippen LogP) is 3.99. The molecule has 0 atom stereocenters. The molecular weight excluding hydrogens is 491 g/mol. The van der Waals surface area contributed by atoms with E-state index in [1.165, 1.54) is 19.5 Å². The van der Waals surface area contributed by atoms with Crippen LogP contribution in [0.5, 0.6) is 11.5 Å². The van der Waals surface area contributed by atoms with E-state index in [-0.39, 0.29) is 24.6 Å². The van der Waals surface area contributed by atoms with Crippen LogP contribution in [-0.2, 0) is 10.0 Å². The smallest absolute Gasteiger partial charge is 0.211 e. The molecule has 0 amide bonds. The fraction of sp³-hybridized carbons (Fsp3) is 0.300. The number of methoxy groups -OCH3 is 1. The summed E-state index contributed by atoms with van der Waals surface area (Å²) in [6, 6.07) is 8.11. The Bertz CT molecular complexity index is 1180. The van der Waals surface area contributed by atoms with Crippen LogP contribution in [0, 0.1) is 5.82 Å². The van der Waals surface area contributed by atoms with Gasteiger partial charge in [0, 0.05) is 22.5 Å². The summed E-state index contributed by atoms with van der Waals surface area (Å²) in [7, 11) is -1.72. The molecular formula is C20H22BrFN4O4S. The molecule has 0 saturated heterocycles. The van der Waals surface area contributed by atoms with E-state index >= 15 is 0 Å². The number of sulfonamides is 1. The third kappa shape index (κ3) is 6.02. The highest BCUT2D eigenvalue weighted by molar-refractivity contribution is 9.10. The third-order valence-electron chi connectivity index (χ3n) is 4.39. The lowest BCUT2D eigenvalue weighted by atomic mass is 10.2. The van der Waals surface area contributed by atoms with Crippen molar-refractivity contribution in [2.24, 2.45) is 0 Å². The lowest BCUT2D eigenvalue weighted by Gasteiger charge is -2.14. The molecule has 0 unspecified atom stereocenters. The largest absolute Gasteiger partial charge is 0.493 e. The molecule has 2 aromatic carbocycles. The van der Waals surface area contributed by atoms with Gasteiger partial charge in [0.25, 0.3) is 0 Å². The van der Waals surface area contributed by atoms with Gasteiger partial charge in [0.15, 0.2) is 11.5 Å². The third-order valence-corrected chi connectivity index (χ3v) is 6.28. The van der Waals surface area contributed by atoms with Crippen molar-refractivity contribution in [3.05, 3.63) is 46.9 Å². The van der Waals surface area contributed by atoms with Gasteiger partial charge in [-0.1, -0.05) is 15.9 Å². The van der Waals surface area contributed by atoms with Gasteiger partial charge in [0.05, 0.1) is 30.7 Å². The number of anilines is 2. The van der Waals surface area contributed by atoms with Crippen molar-refractivity contribution in [3.8, 4) is 11.5 Å². The Morgan fingerprint density at radius 1 is 1.16 bits per heavy atom. The van der Waals surface area contributed by atoms with E-state index in [0.29, 0.717) is 39.1 Å². The number of ether oxygens (including phenoxy) is 2. The van der Waals surface area contributed by atoms with Crippen LogP contribution in [0.3, 0.4) is 0 Å². The summed E-state index contributed by atoms with van der Waals surface area (Å²) >= 11 is 3.23. The SMILES string of the molecule is CCS(=O)(=O)NCCCOc1cc2ncnc(Nc3ccc(Br)cc3F)c2cc1OC. The second-order valence-corrected chi connectivity index (χ2v) is 9.50. The molecule has 0 aliphatic heterocycles. The van der Waals surface area contributed by atoms with Crippen molar-refractivity contribution in [1.82, 2.24) is 14.7 Å². The summed E-state index contributed by atoms with van der Waals surface area (Å²) in [6.07, 6.45) is 1.86. The second kappa shape index (κ2) is 10.2. The summed E-state index contributed by atoms with van der Waals surface area (Å²) in [6.45, 7) is 2.14. The molecule has 166 valence electrons. The lowest BCUT2D eigenvalue weighted by molar-refractivity contribution is 0.290. The van der Waals surface area contributed by atoms with Gasteiger partial charge in [-0.2, -0.15) is 0 Å². The Labute approximate surface area is 188 Å². The summed E-state index contributed by atoms with van der Waals surface area (Å²) in [4.78, 5) is 8.49. The number of hydrogen-bond donors (Lipinski definition) is 2. The number of rotatable bonds is 10. The number of hydrogen-bond acceptors (Lipinski definition) is 7. The Morgan fingerprint density at radius 3 is 2.68 bits per heavy atom. The highest BCUT2D eigenvalue weighted by Gasteiger charge is 2.13. The maximum absolute atomic E-state index is 14.2. The summed E-state index contributed by atoms with van der Waals surface area (Å²) in [5.41, 5.74) is 0.856. The van der Waals surface area contributed by atoms with E-state index in [9.17, 15) is 12.8 Å². The summed E-state index contributed by atoms with van der Waals surface area (Å²) in [5.74, 6) is 0.951. The van der Waals surface area contributed by atoms with Gasteiger partial charge in [-0.25, -0.2) is 27.5 Å². The van der Waals surface area contributed by atoms with E-state index in [0.717, 1.165) is 0 Å². The zero-order valence-corrected chi connectivity index (χ0v) is 19.4. The van der Waals surface area contributed by atoms with Crippen molar-refractivity contribution in [2.75, 3.05) is 31.3 Å². The fourth-order valence-corrected chi connectivity index (χ4v) is 3.73. The number of nitrogens with one attached hydrogen (secondary N) is 2. The lowest BCUT2D eigenvalue weighted by Crippen LogP contribution is -2.27. The van der Waals surface area contributed by atoms with Crippen LogP contribution in [0.15, 0.2) is 41.1 Å². The van der Waals surface area contributed by atoms with Gasteiger partial charge in [-0.3, -0.25) is 0 Å². The maximum Gasteiger partial charge on any atom is 0.211 e. The van der Waals surface area contributed by atoms with Crippen LogP contribution in [0.1, 0.15) is 13.3 Å². The van der Waals surface area contributed by atoms with E-state index < -0.39 is 15.8 Å². The monoisotopic (exact) mass is 512 g/mol. The maximum atomic E-state index is 14.2. The van der Waals surface area contributed by atoms with Crippen molar-refractivity contribution >= 4 is 48.4 Å². The first-order chi connectivity index (χ1) is 14.8. The quantitative estimate of drug-likeness (QED) is 0.396. The van der Waals surface area contributed by atoms with Crippen molar-refractivity contribution in [3.63, 3.8) is 0 Å². The van der Waals surface area contributed by atoms with Crippen LogP contribution < -0.4 is 19.5 Å². The molecule has 0 fully saturated rings. The molecule has 0 aliphatic rings. The molecule has 0 aliphatic carbocycles. The average Bonchev–Trinajstić information content (AvgIpc) is 2.75. The van der Waals surface area contributed by atoms with Crippen molar-refractivity contribution < 1.29 is 22.3 Å². The Morgan fingerprint density at radius 2 is 1.97 bits per heavy atom. The first-order valence-corrected chi connectivity index (χ1v) is 11.9. The van der Waals surface area contributed by atoms with E-state index in [1.807, 2.05) is 0 Å². The van der Waals surface area contributed by atoms with Crippen molar-refractivity contribution in [2.45, 2.75) is 13.3 Å². The summed E-state index contributed by atoms with van der Waals surface area (Å²) in [5, 5.41) is 3.61. The minimum atomic E-state index is -3.23. The standard InChI is InChI=1S/C20H22BrFN4O4S/c1-3-31(27,28)25-7-4-8-30-19-11-17-14(10-18(19)29-2)20(24-12-23-17)26-16-6-5-13(21)9-15(16)22/h5-6,9-12,25H,3-4,7-8H2,1-2H3,(H,23,24,26). The molecule has 0 bridgehead atoms. The molecule has 31 heavy (non-hydrogen) atoms. The normalized spacial score (nSPS) is 11.5. The minimum Gasteiger partial charge on any atom is -0.493 e. The molecule has 8 nitrogen and oxygen atoms in total. The molecule has 3 rings (SSSR count). The van der Waals surface area contributed by atoms with Crippen LogP contribution >= 0.6 is 15.9 Å². The number of nitrogens with zero attached hydrogens (tertiary/aromatic N) is 2. The Hall–Kier alpha value is -2.50. The highest BCUT2D eigenvalue weighted by Crippen LogP contribution is 2.35. The Kier molecular flexibility index (Phi) is 7.63. The van der Waals surface area contributed by atoms with E-state index in [4.69, 9.17) is 9.47 Å². The minimum absolute atomic E-state index is 0.0343. The van der Waals surface area contributed by atoms with Gasteiger partial charge in [0.1, 0.15) is 18.0 Å².